The molecule has 0 saturated heterocycles. The maximum absolute atomic E-state index is 10.1. The van der Waals surface area contributed by atoms with Crippen LogP contribution in [0.4, 0.5) is 0 Å². The quantitative estimate of drug-likeness (QED) is 0.0812. The van der Waals surface area contributed by atoms with E-state index in [9.17, 15) is 20.1 Å². The molecule has 0 heterocycles. The number of hydrogen-bond donors (Lipinski definition) is 4. The fraction of sp³-hybridized carbons (Fsp3) is 0. The Morgan fingerprint density at radius 1 is 0.171 bits per heavy atom. The smallest absolute Gasteiger partial charge is 0.423 e. The Kier molecular flexibility index (Phi) is 20.5. The molecule has 24 rings (SSSR count). The van der Waals surface area contributed by atoms with E-state index in [0.29, 0.717) is 10.9 Å². The molecule has 21 aromatic rings. The highest BCUT2D eigenvalue weighted by atomic mass is 127. The Bertz CT molecular complexity index is 7410. The van der Waals surface area contributed by atoms with Gasteiger partial charge in [-0.25, -0.2) is 0 Å². The lowest BCUT2D eigenvalue weighted by atomic mass is 9.76. The average molecular weight is 1820 g/mol. The largest absolute Gasteiger partial charge is 0.489 e. The summed E-state index contributed by atoms with van der Waals surface area (Å²) in [7, 11) is -3.00. The highest BCUT2D eigenvalue weighted by Gasteiger charge is 2.36. The highest BCUT2D eigenvalue weighted by molar-refractivity contribution is 14.1. The molecule has 21 aromatic carbocycles. The molecule has 4 N–H and O–H groups in total. The Balaban J connectivity index is 0.000000108. The van der Waals surface area contributed by atoms with E-state index in [2.05, 4.69) is 418 Å². The molecule has 580 valence electrons. The lowest BCUT2D eigenvalue weighted by Crippen LogP contribution is -2.30. The summed E-state index contributed by atoms with van der Waals surface area (Å²) < 4.78 is 3.50. The predicted octanol–water partition coefficient (Wildman–Crippen LogP) is 29.4. The third-order valence-electron chi connectivity index (χ3n) is 24.6. The molecule has 3 aliphatic rings. The van der Waals surface area contributed by atoms with Crippen molar-refractivity contribution in [1.29, 1.82) is 0 Å². The van der Waals surface area contributed by atoms with E-state index in [0.717, 1.165) is 42.0 Å². The number of fused-ring (bicyclic) bond motifs is 12. The summed E-state index contributed by atoms with van der Waals surface area (Å²) >= 11 is 9.22. The van der Waals surface area contributed by atoms with E-state index in [1.165, 1.54) is 191 Å². The minimum Gasteiger partial charge on any atom is -0.423 e. The van der Waals surface area contributed by atoms with Gasteiger partial charge in [-0.05, 0) is 290 Å². The molecule has 3 aliphatic carbocycles. The van der Waals surface area contributed by atoms with E-state index in [1.807, 2.05) is 42.5 Å². The topological polar surface area (TPSA) is 80.9 Å². The highest BCUT2D eigenvalue weighted by Crippen LogP contribution is 2.62. The van der Waals surface area contributed by atoms with Crippen molar-refractivity contribution in [3.05, 3.63) is 431 Å². The molecule has 0 radical (unpaired) electrons. The first kappa shape index (κ1) is 77.2. The summed E-state index contributed by atoms with van der Waals surface area (Å²) in [6.07, 6.45) is 0. The van der Waals surface area contributed by atoms with Crippen molar-refractivity contribution in [2.24, 2.45) is 0 Å². The molecule has 0 unspecified atom stereocenters. The van der Waals surface area contributed by atoms with Crippen LogP contribution in [0.1, 0.15) is 0 Å². The zero-order valence-corrected chi connectivity index (χ0v) is 71.7. The molecule has 0 atom stereocenters. The van der Waals surface area contributed by atoms with Gasteiger partial charge < -0.3 is 20.1 Å². The van der Waals surface area contributed by atoms with Gasteiger partial charge in [0, 0.05) is 12.5 Å². The van der Waals surface area contributed by atoms with Crippen LogP contribution >= 0.6 is 54.5 Å². The van der Waals surface area contributed by atoms with Crippen LogP contribution in [0.25, 0.3) is 220 Å². The first-order valence-corrected chi connectivity index (χ1v) is 44.0. The lowest BCUT2D eigenvalue weighted by Gasteiger charge is -2.20. The van der Waals surface area contributed by atoms with Crippen LogP contribution in [0.2, 0.25) is 0 Å². The number of benzene rings is 21. The summed E-state index contributed by atoms with van der Waals surface area (Å²) in [5, 5.41) is 54.0. The minimum absolute atomic E-state index is 0.485. The van der Waals surface area contributed by atoms with Crippen LogP contribution in [0.3, 0.4) is 0 Å². The van der Waals surface area contributed by atoms with Crippen molar-refractivity contribution in [1.82, 2.24) is 0 Å². The monoisotopic (exact) mass is 1810 g/mol. The van der Waals surface area contributed by atoms with Crippen LogP contribution < -0.4 is 10.9 Å². The van der Waals surface area contributed by atoms with Gasteiger partial charge in [-0.1, -0.05) is 414 Å². The molecule has 0 bridgehead atoms. The first-order chi connectivity index (χ1) is 60.5. The summed E-state index contributed by atoms with van der Waals surface area (Å²) in [5.74, 6) is 0. The van der Waals surface area contributed by atoms with Gasteiger partial charge in [-0.15, -0.1) is 0 Å². The maximum atomic E-state index is 10.1. The zero-order chi connectivity index (χ0) is 82.9. The fourth-order valence-electron chi connectivity index (χ4n) is 19.5. The minimum atomic E-state index is -1.52. The molecule has 0 fully saturated rings. The molecule has 0 spiro atoms. The van der Waals surface area contributed by atoms with E-state index in [4.69, 9.17) is 0 Å². The summed E-state index contributed by atoms with van der Waals surface area (Å²) in [5.41, 5.74) is 35.6. The normalized spacial score (nSPS) is 11.5. The van der Waals surface area contributed by atoms with Gasteiger partial charge in [0.1, 0.15) is 0 Å². The first-order valence-electron chi connectivity index (χ1n) is 41.3. The van der Waals surface area contributed by atoms with Crippen LogP contribution in [0, 0.1) is 3.57 Å². The van der Waals surface area contributed by atoms with Gasteiger partial charge in [0.15, 0.2) is 0 Å². The zero-order valence-electron chi connectivity index (χ0n) is 66.4. The van der Waals surface area contributed by atoms with Crippen molar-refractivity contribution < 1.29 is 20.1 Å². The van der Waals surface area contributed by atoms with Gasteiger partial charge >= 0.3 is 14.2 Å². The van der Waals surface area contributed by atoms with E-state index < -0.39 is 14.2 Å². The van der Waals surface area contributed by atoms with Crippen molar-refractivity contribution >= 4 is 144 Å². The fourth-order valence-corrected chi connectivity index (χ4v) is 20.4. The number of hydrogen-bond acceptors (Lipinski definition) is 4. The van der Waals surface area contributed by atoms with E-state index in [-0.39, 0.29) is 0 Å². The summed E-state index contributed by atoms with van der Waals surface area (Å²) in [6.45, 7) is 0. The Morgan fingerprint density at radius 2 is 0.398 bits per heavy atom. The second kappa shape index (κ2) is 32.7. The predicted molar refractivity (Wildman–Crippen MR) is 535 cm³/mol. The Hall–Kier alpha value is -13.2. The maximum Gasteiger partial charge on any atom is 0.489 e. The van der Waals surface area contributed by atoms with Crippen molar-refractivity contribution in [3.8, 4) is 156 Å². The summed E-state index contributed by atoms with van der Waals surface area (Å²) in [6, 6.07) is 148. The third-order valence-corrected chi connectivity index (χ3v) is 26.3. The standard InChI is InChI=1S/C38H25BO2.C38H23Br.C32H21BO2.C6H4BrI/c40-39(41)27-20-18-24(19-21-27)28-22-23-33-36-29(28)16-9-17-32(36)37-34(25-10-3-1-4-11-25)30-14-7-8-15-31(30)35(38(33)37)26-12-5-2-6-13-26;39-27-20-18-24(19-21-27)28-22-23-33-36-29(28)16-9-17-32(36)37-34(25-10-3-1-4-11-25)30-14-7-8-15-31(30)35(38(33)37)26-12-5-2-6-13-26;34-33(35)27-19-18-26-30-24(27)16-9-17-25(30)31-28(20-10-3-1-4-11-20)22-14-7-8-15-23(22)29(32(26)31)21-12-5-2-6-13-21;7-5-1-3-6(8)4-2-5/h1-23,40-41H;1-23H;1-19,34-35H;1-4H. The van der Waals surface area contributed by atoms with Gasteiger partial charge in [0.2, 0.25) is 0 Å². The molecule has 9 heteroatoms. The van der Waals surface area contributed by atoms with Crippen LogP contribution in [-0.4, -0.2) is 34.3 Å². The van der Waals surface area contributed by atoms with Gasteiger partial charge in [0.05, 0.1) is 0 Å². The average Bonchev–Trinajstić information content (AvgIpc) is 1.54. The van der Waals surface area contributed by atoms with Gasteiger partial charge in [-0.3, -0.25) is 0 Å². The van der Waals surface area contributed by atoms with Gasteiger partial charge in [-0.2, -0.15) is 0 Å². The van der Waals surface area contributed by atoms with Crippen LogP contribution in [0.15, 0.2) is 428 Å². The molecular formula is C114H73B2Br2IO4. The number of halogens is 3. The van der Waals surface area contributed by atoms with E-state index in [1.54, 1.807) is 12.1 Å². The molecule has 0 amide bonds. The summed E-state index contributed by atoms with van der Waals surface area (Å²) in [4.78, 5) is 0. The SMILES string of the molecule is Brc1ccc(-c2ccc3c4c(cccc24)-c2c-3c(-c3ccccc3)c3ccccc3c2-c2ccccc2)cc1.Brc1ccc(I)cc1.OB(O)c1ccc(-c2ccc3c4c(cccc24)-c2c-3c(-c3ccccc3)c3ccccc3c2-c2ccccc2)cc1.OB(O)c1ccc2c3c(cccc13)-c1c-2c(-c2ccccc2)c2ccccc2c1-c1ccccc1. The lowest BCUT2D eigenvalue weighted by molar-refractivity contribution is 0.424. The molecule has 4 nitrogen and oxygen atoms in total. The number of rotatable bonds is 10. The molecule has 0 aromatic heterocycles. The molecule has 0 aliphatic heterocycles. The third kappa shape index (κ3) is 13.5. The molecular weight excluding hydrogens is 1740 g/mol. The Morgan fingerprint density at radius 3 is 0.675 bits per heavy atom. The van der Waals surface area contributed by atoms with Gasteiger partial charge in [0.25, 0.3) is 0 Å². The van der Waals surface area contributed by atoms with Crippen molar-refractivity contribution in [3.63, 3.8) is 0 Å². The van der Waals surface area contributed by atoms with Crippen molar-refractivity contribution in [2.45, 2.75) is 0 Å². The Labute approximate surface area is 744 Å². The van der Waals surface area contributed by atoms with Crippen LogP contribution in [0.5, 0.6) is 0 Å². The molecule has 123 heavy (non-hydrogen) atoms. The second-order valence-electron chi connectivity index (χ2n) is 31.4. The van der Waals surface area contributed by atoms with Crippen molar-refractivity contribution in [2.75, 3.05) is 0 Å². The van der Waals surface area contributed by atoms with E-state index >= 15 is 0 Å². The second-order valence-corrected chi connectivity index (χ2v) is 34.4. The van der Waals surface area contributed by atoms with Crippen LogP contribution in [-0.2, 0) is 0 Å². The molecule has 0 saturated carbocycles.